The Morgan fingerprint density at radius 1 is 1.40 bits per heavy atom. The standard InChI is InChI=1S/C6H9N3S/c7-2-5-10-6-8-3-1-4-9-6/h1,3-4H,2,5,7H2. The molecule has 0 saturated heterocycles. The Hall–Kier alpha value is -0.610. The van der Waals surface area contributed by atoms with Gasteiger partial charge in [-0.2, -0.15) is 0 Å². The van der Waals surface area contributed by atoms with Crippen LogP contribution in [0.4, 0.5) is 0 Å². The van der Waals surface area contributed by atoms with Crippen molar-refractivity contribution in [2.45, 2.75) is 5.16 Å². The summed E-state index contributed by atoms with van der Waals surface area (Å²) < 4.78 is 0. The Balaban J connectivity index is 2.43. The molecule has 0 aromatic carbocycles. The maximum atomic E-state index is 5.30. The van der Waals surface area contributed by atoms with Crippen molar-refractivity contribution < 1.29 is 0 Å². The van der Waals surface area contributed by atoms with Gasteiger partial charge in [0.1, 0.15) is 0 Å². The molecule has 54 valence electrons. The predicted octanol–water partition coefficient (Wildman–Crippen LogP) is 0.527. The van der Waals surface area contributed by atoms with Gasteiger partial charge in [0.2, 0.25) is 0 Å². The summed E-state index contributed by atoms with van der Waals surface area (Å²) in [6.45, 7) is 0.670. The van der Waals surface area contributed by atoms with Gasteiger partial charge in [-0.25, -0.2) is 9.97 Å². The minimum atomic E-state index is 0.670. The van der Waals surface area contributed by atoms with E-state index in [1.807, 2.05) is 0 Å². The van der Waals surface area contributed by atoms with E-state index in [1.54, 1.807) is 30.2 Å². The van der Waals surface area contributed by atoms with Crippen molar-refractivity contribution in [2.24, 2.45) is 5.73 Å². The van der Waals surface area contributed by atoms with Crippen LogP contribution in [0.25, 0.3) is 0 Å². The van der Waals surface area contributed by atoms with Crippen LogP contribution in [0.1, 0.15) is 0 Å². The second kappa shape index (κ2) is 4.24. The van der Waals surface area contributed by atoms with E-state index in [0.717, 1.165) is 10.9 Å². The Morgan fingerprint density at radius 3 is 2.70 bits per heavy atom. The highest BCUT2D eigenvalue weighted by Gasteiger charge is 1.91. The summed E-state index contributed by atoms with van der Waals surface area (Å²) in [7, 11) is 0. The number of nitrogens with two attached hydrogens (primary N) is 1. The van der Waals surface area contributed by atoms with Crippen LogP contribution in [0.3, 0.4) is 0 Å². The first-order chi connectivity index (χ1) is 4.93. The molecule has 0 atom stereocenters. The first-order valence-electron chi connectivity index (χ1n) is 3.03. The van der Waals surface area contributed by atoms with Gasteiger partial charge in [-0.05, 0) is 6.07 Å². The summed E-state index contributed by atoms with van der Waals surface area (Å²) in [5, 5.41) is 0.799. The molecule has 0 unspecified atom stereocenters. The minimum Gasteiger partial charge on any atom is -0.330 e. The van der Waals surface area contributed by atoms with Crippen molar-refractivity contribution in [3.05, 3.63) is 18.5 Å². The second-order valence-corrected chi connectivity index (χ2v) is 2.73. The fourth-order valence-corrected chi connectivity index (χ4v) is 1.08. The van der Waals surface area contributed by atoms with Crippen LogP contribution in [0.5, 0.6) is 0 Å². The average Bonchev–Trinajstić information content (AvgIpc) is 2.03. The van der Waals surface area contributed by atoms with Crippen LogP contribution in [-0.4, -0.2) is 22.3 Å². The van der Waals surface area contributed by atoms with Crippen molar-refractivity contribution in [1.82, 2.24) is 9.97 Å². The number of rotatable bonds is 3. The molecular formula is C6H9N3S. The zero-order valence-electron chi connectivity index (χ0n) is 5.53. The molecule has 0 aliphatic heterocycles. The predicted molar refractivity (Wildman–Crippen MR) is 41.8 cm³/mol. The molecule has 0 amide bonds. The highest BCUT2D eigenvalue weighted by Crippen LogP contribution is 2.08. The van der Waals surface area contributed by atoms with Gasteiger partial charge in [0, 0.05) is 24.7 Å². The molecule has 1 heterocycles. The van der Waals surface area contributed by atoms with Gasteiger partial charge in [-0.1, -0.05) is 11.8 Å². The Morgan fingerprint density at radius 2 is 2.10 bits per heavy atom. The van der Waals surface area contributed by atoms with Crippen LogP contribution in [0.2, 0.25) is 0 Å². The molecule has 0 spiro atoms. The molecule has 0 aliphatic carbocycles. The molecule has 2 N–H and O–H groups in total. The van der Waals surface area contributed by atoms with E-state index in [-0.39, 0.29) is 0 Å². The van der Waals surface area contributed by atoms with Gasteiger partial charge in [-0.3, -0.25) is 0 Å². The third-order valence-electron chi connectivity index (χ3n) is 0.891. The SMILES string of the molecule is NCCSc1ncccn1. The molecule has 0 radical (unpaired) electrons. The van der Waals surface area contributed by atoms with Crippen molar-refractivity contribution in [2.75, 3.05) is 12.3 Å². The van der Waals surface area contributed by atoms with Crippen LogP contribution < -0.4 is 5.73 Å². The maximum Gasteiger partial charge on any atom is 0.187 e. The van der Waals surface area contributed by atoms with Crippen LogP contribution in [0, 0.1) is 0 Å². The molecule has 0 fully saturated rings. The number of hydrogen-bond donors (Lipinski definition) is 1. The summed E-state index contributed by atoms with van der Waals surface area (Å²) in [6, 6.07) is 1.80. The van der Waals surface area contributed by atoms with E-state index >= 15 is 0 Å². The number of nitrogens with zero attached hydrogens (tertiary/aromatic N) is 2. The fourth-order valence-electron chi connectivity index (χ4n) is 0.510. The molecule has 0 aliphatic rings. The average molecular weight is 155 g/mol. The molecule has 3 nitrogen and oxygen atoms in total. The quantitative estimate of drug-likeness (QED) is 0.511. The number of aromatic nitrogens is 2. The fraction of sp³-hybridized carbons (Fsp3) is 0.333. The maximum absolute atomic E-state index is 5.30. The lowest BCUT2D eigenvalue weighted by Gasteiger charge is -1.93. The Labute approximate surface area is 64.1 Å². The number of thioether (sulfide) groups is 1. The molecule has 0 saturated carbocycles. The Bertz CT molecular complexity index is 178. The zero-order chi connectivity index (χ0) is 7.23. The lowest BCUT2D eigenvalue weighted by atomic mass is 10.7. The zero-order valence-corrected chi connectivity index (χ0v) is 6.34. The minimum absolute atomic E-state index is 0.670. The molecule has 10 heavy (non-hydrogen) atoms. The highest BCUT2D eigenvalue weighted by atomic mass is 32.2. The van der Waals surface area contributed by atoms with E-state index in [4.69, 9.17) is 5.73 Å². The van der Waals surface area contributed by atoms with Gasteiger partial charge < -0.3 is 5.73 Å². The summed E-state index contributed by atoms with van der Waals surface area (Å²) in [5.41, 5.74) is 5.30. The van der Waals surface area contributed by atoms with E-state index in [1.165, 1.54) is 0 Å². The molecule has 1 rings (SSSR count). The third-order valence-corrected chi connectivity index (χ3v) is 1.80. The topological polar surface area (TPSA) is 51.8 Å². The molecule has 4 heteroatoms. The van der Waals surface area contributed by atoms with Gasteiger partial charge in [0.05, 0.1) is 0 Å². The van der Waals surface area contributed by atoms with Crippen molar-refractivity contribution in [1.29, 1.82) is 0 Å². The largest absolute Gasteiger partial charge is 0.330 e. The second-order valence-electron chi connectivity index (χ2n) is 1.67. The smallest absolute Gasteiger partial charge is 0.187 e. The van der Waals surface area contributed by atoms with Gasteiger partial charge in [0.25, 0.3) is 0 Å². The summed E-state index contributed by atoms with van der Waals surface area (Å²) in [4.78, 5) is 8.03. The molecule has 1 aromatic heterocycles. The van der Waals surface area contributed by atoms with Crippen molar-refractivity contribution in [3.8, 4) is 0 Å². The third kappa shape index (κ3) is 2.33. The first kappa shape index (κ1) is 7.50. The van der Waals surface area contributed by atoms with Crippen LogP contribution in [-0.2, 0) is 0 Å². The van der Waals surface area contributed by atoms with Crippen LogP contribution >= 0.6 is 11.8 Å². The molecule has 0 bridgehead atoms. The molecular weight excluding hydrogens is 146 g/mol. The molecule has 1 aromatic rings. The summed E-state index contributed by atoms with van der Waals surface area (Å²) in [6.07, 6.45) is 3.46. The van der Waals surface area contributed by atoms with E-state index in [2.05, 4.69) is 9.97 Å². The Kier molecular flexibility index (Phi) is 3.18. The lowest BCUT2D eigenvalue weighted by Crippen LogP contribution is -2.01. The summed E-state index contributed by atoms with van der Waals surface area (Å²) >= 11 is 1.57. The van der Waals surface area contributed by atoms with Crippen molar-refractivity contribution >= 4 is 11.8 Å². The normalized spacial score (nSPS) is 9.70. The van der Waals surface area contributed by atoms with Gasteiger partial charge >= 0.3 is 0 Å². The first-order valence-corrected chi connectivity index (χ1v) is 4.02. The van der Waals surface area contributed by atoms with E-state index in [0.29, 0.717) is 6.54 Å². The lowest BCUT2D eigenvalue weighted by molar-refractivity contribution is 0.964. The van der Waals surface area contributed by atoms with Crippen molar-refractivity contribution in [3.63, 3.8) is 0 Å². The van der Waals surface area contributed by atoms with Gasteiger partial charge in [0.15, 0.2) is 5.16 Å². The highest BCUT2D eigenvalue weighted by molar-refractivity contribution is 7.99. The van der Waals surface area contributed by atoms with Gasteiger partial charge in [-0.15, -0.1) is 0 Å². The number of hydrogen-bond acceptors (Lipinski definition) is 4. The monoisotopic (exact) mass is 155 g/mol. The van der Waals surface area contributed by atoms with Crippen LogP contribution in [0.15, 0.2) is 23.6 Å². The van der Waals surface area contributed by atoms with E-state index < -0.39 is 0 Å². The summed E-state index contributed by atoms with van der Waals surface area (Å²) in [5.74, 6) is 0.879. The van der Waals surface area contributed by atoms with E-state index in [9.17, 15) is 0 Å².